The van der Waals surface area contributed by atoms with E-state index in [1.807, 2.05) is 0 Å². The maximum absolute atomic E-state index is 10.4. The molecule has 5 heteroatoms. The van der Waals surface area contributed by atoms with Gasteiger partial charge < -0.3 is 15.9 Å². The quantitative estimate of drug-likeness (QED) is 0.0977. The van der Waals surface area contributed by atoms with E-state index in [9.17, 15) is 9.59 Å². The highest BCUT2D eigenvalue weighted by atomic mass is 16.4. The van der Waals surface area contributed by atoms with E-state index in [0.29, 0.717) is 12.8 Å². The molecule has 0 fully saturated rings. The third-order valence-corrected chi connectivity index (χ3v) is 6.59. The van der Waals surface area contributed by atoms with Gasteiger partial charge in [-0.2, -0.15) is 0 Å². The summed E-state index contributed by atoms with van der Waals surface area (Å²) in [6, 6.07) is 0. The molecule has 0 aliphatic carbocycles. The minimum absolute atomic E-state index is 0.331. The molecule has 0 atom stereocenters. The smallest absolute Gasteiger partial charge is 0.303 e. The van der Waals surface area contributed by atoms with E-state index >= 15 is 0 Å². The molecule has 0 aromatic heterocycles. The summed E-state index contributed by atoms with van der Waals surface area (Å²) < 4.78 is 0. The van der Waals surface area contributed by atoms with Gasteiger partial charge in [0.15, 0.2) is 0 Å². The number of aliphatic carboxylic acids is 2. The average molecular weight is 500 g/mol. The van der Waals surface area contributed by atoms with E-state index in [2.05, 4.69) is 6.92 Å². The van der Waals surface area contributed by atoms with Gasteiger partial charge in [0.2, 0.25) is 0 Å². The summed E-state index contributed by atoms with van der Waals surface area (Å²) in [4.78, 5) is 20.8. The van der Waals surface area contributed by atoms with Gasteiger partial charge in [0.05, 0.1) is 0 Å². The second kappa shape index (κ2) is 32.9. The van der Waals surface area contributed by atoms with E-state index in [-0.39, 0.29) is 0 Å². The molecule has 0 rings (SSSR count). The normalized spacial score (nSPS) is 10.7. The summed E-state index contributed by atoms with van der Waals surface area (Å²) in [5.74, 6) is -1.33. The largest absolute Gasteiger partial charge is 0.481 e. The van der Waals surface area contributed by atoms with E-state index in [0.717, 1.165) is 32.2 Å². The van der Waals surface area contributed by atoms with Crippen LogP contribution in [0.15, 0.2) is 0 Å². The molecule has 0 unspecified atom stereocenters. The lowest BCUT2D eigenvalue weighted by Crippen LogP contribution is -1.96. The van der Waals surface area contributed by atoms with Crippen LogP contribution in [0.2, 0.25) is 0 Å². The molecule has 210 valence electrons. The monoisotopic (exact) mass is 499 g/mol. The summed E-state index contributed by atoms with van der Waals surface area (Å²) in [5.41, 5.74) is 5.21. The zero-order valence-electron chi connectivity index (χ0n) is 23.4. The van der Waals surface area contributed by atoms with Crippen molar-refractivity contribution in [2.45, 2.75) is 174 Å². The lowest BCUT2D eigenvalue weighted by molar-refractivity contribution is -0.138. The van der Waals surface area contributed by atoms with E-state index in [1.165, 1.54) is 128 Å². The Hall–Kier alpha value is -1.10. The number of hydrogen-bond donors (Lipinski definition) is 3. The fourth-order valence-electron chi connectivity index (χ4n) is 4.31. The van der Waals surface area contributed by atoms with Gasteiger partial charge in [0.1, 0.15) is 0 Å². The molecule has 0 heterocycles. The number of rotatable bonds is 27. The van der Waals surface area contributed by atoms with Crippen molar-refractivity contribution in [3.05, 3.63) is 0 Å². The molecule has 0 aromatic rings. The first kappa shape index (κ1) is 36.1. The van der Waals surface area contributed by atoms with Crippen LogP contribution in [0.5, 0.6) is 0 Å². The summed E-state index contributed by atoms with van der Waals surface area (Å²) >= 11 is 0. The van der Waals surface area contributed by atoms with Gasteiger partial charge in [-0.15, -0.1) is 0 Å². The topological polar surface area (TPSA) is 101 Å². The molecule has 35 heavy (non-hydrogen) atoms. The van der Waals surface area contributed by atoms with Crippen molar-refractivity contribution in [3.8, 4) is 0 Å². The predicted octanol–water partition coefficient (Wildman–Crippen LogP) is 9.26. The SMILES string of the molecule is CCCCCN.O=C(O)CCCCCCCCCCCCCCCCCCCCCCCC(=O)O. The molecular weight excluding hydrogens is 438 g/mol. The van der Waals surface area contributed by atoms with Crippen LogP contribution in [0.25, 0.3) is 0 Å². The lowest BCUT2D eigenvalue weighted by atomic mass is 10.0. The summed E-state index contributed by atoms with van der Waals surface area (Å²) in [5, 5.41) is 17.2. The van der Waals surface area contributed by atoms with Gasteiger partial charge in [-0.3, -0.25) is 9.59 Å². The summed E-state index contributed by atoms with van der Waals surface area (Å²) in [6.07, 6.45) is 30.9. The van der Waals surface area contributed by atoms with Gasteiger partial charge >= 0.3 is 11.9 Å². The predicted molar refractivity (Wildman–Crippen MR) is 150 cm³/mol. The third kappa shape index (κ3) is 40.4. The standard InChI is InChI=1S/C25H48O4.C5H13N/c26-24(27)22-20-18-16-14-12-10-8-6-4-2-1-3-5-7-9-11-13-15-17-19-21-23-25(28)29;1-2-3-4-5-6/h1-23H2,(H,26,27)(H,28,29);2-6H2,1H3. The van der Waals surface area contributed by atoms with Crippen molar-refractivity contribution >= 4 is 11.9 Å². The Morgan fingerprint density at radius 3 is 0.800 bits per heavy atom. The Balaban J connectivity index is 0. The highest BCUT2D eigenvalue weighted by Crippen LogP contribution is 2.15. The average Bonchev–Trinajstić information content (AvgIpc) is 2.83. The van der Waals surface area contributed by atoms with Crippen LogP contribution in [-0.2, 0) is 9.59 Å². The molecule has 0 saturated carbocycles. The highest BCUT2D eigenvalue weighted by Gasteiger charge is 1.98. The Morgan fingerprint density at radius 2 is 0.657 bits per heavy atom. The van der Waals surface area contributed by atoms with Crippen LogP contribution >= 0.6 is 0 Å². The number of carboxylic acids is 2. The van der Waals surface area contributed by atoms with Gasteiger partial charge in [-0.1, -0.05) is 142 Å². The molecule has 0 aromatic carbocycles. The van der Waals surface area contributed by atoms with E-state index in [1.54, 1.807) is 0 Å². The molecule has 0 amide bonds. The van der Waals surface area contributed by atoms with Crippen LogP contribution in [0, 0.1) is 0 Å². The zero-order chi connectivity index (χ0) is 26.2. The Morgan fingerprint density at radius 1 is 0.429 bits per heavy atom. The molecular formula is C30H61NO4. The van der Waals surface area contributed by atoms with Crippen LogP contribution in [0.4, 0.5) is 0 Å². The third-order valence-electron chi connectivity index (χ3n) is 6.59. The summed E-state index contributed by atoms with van der Waals surface area (Å²) in [7, 11) is 0. The molecule has 0 radical (unpaired) electrons. The van der Waals surface area contributed by atoms with Crippen molar-refractivity contribution in [3.63, 3.8) is 0 Å². The summed E-state index contributed by atoms with van der Waals surface area (Å²) in [6.45, 7) is 3.03. The molecule has 0 aliphatic rings. The fourth-order valence-corrected chi connectivity index (χ4v) is 4.31. The lowest BCUT2D eigenvalue weighted by Gasteiger charge is -2.04. The fraction of sp³-hybridized carbons (Fsp3) is 0.933. The first-order chi connectivity index (χ1) is 17.0. The number of hydrogen-bond acceptors (Lipinski definition) is 3. The number of carboxylic acid groups (broad SMARTS) is 2. The van der Waals surface area contributed by atoms with Gasteiger partial charge in [0.25, 0.3) is 0 Å². The second-order valence-electron chi connectivity index (χ2n) is 10.2. The minimum atomic E-state index is -0.664. The van der Waals surface area contributed by atoms with Crippen LogP contribution in [0.3, 0.4) is 0 Å². The number of carbonyl (C=O) groups is 2. The van der Waals surface area contributed by atoms with Crippen molar-refractivity contribution in [2.24, 2.45) is 5.73 Å². The van der Waals surface area contributed by atoms with Crippen molar-refractivity contribution < 1.29 is 19.8 Å². The molecule has 4 N–H and O–H groups in total. The molecule has 0 aliphatic heterocycles. The van der Waals surface area contributed by atoms with Gasteiger partial charge in [0, 0.05) is 12.8 Å². The molecule has 0 saturated heterocycles. The van der Waals surface area contributed by atoms with Crippen LogP contribution in [0.1, 0.15) is 174 Å². The Labute approximate surface area is 218 Å². The maximum atomic E-state index is 10.4. The zero-order valence-corrected chi connectivity index (χ0v) is 23.4. The number of unbranched alkanes of at least 4 members (excludes halogenated alkanes) is 22. The molecule has 0 spiro atoms. The second-order valence-corrected chi connectivity index (χ2v) is 10.2. The van der Waals surface area contributed by atoms with Gasteiger partial charge in [-0.25, -0.2) is 0 Å². The van der Waals surface area contributed by atoms with Crippen molar-refractivity contribution in [2.75, 3.05) is 6.54 Å². The first-order valence-corrected chi connectivity index (χ1v) is 15.2. The maximum Gasteiger partial charge on any atom is 0.303 e. The van der Waals surface area contributed by atoms with Crippen molar-refractivity contribution in [1.82, 2.24) is 0 Å². The minimum Gasteiger partial charge on any atom is -0.481 e. The first-order valence-electron chi connectivity index (χ1n) is 15.2. The van der Waals surface area contributed by atoms with Crippen molar-refractivity contribution in [1.29, 1.82) is 0 Å². The van der Waals surface area contributed by atoms with E-state index < -0.39 is 11.9 Å². The van der Waals surface area contributed by atoms with Gasteiger partial charge in [-0.05, 0) is 25.8 Å². The molecule has 0 bridgehead atoms. The molecule has 5 nitrogen and oxygen atoms in total. The van der Waals surface area contributed by atoms with E-state index in [4.69, 9.17) is 15.9 Å². The van der Waals surface area contributed by atoms with Crippen LogP contribution < -0.4 is 5.73 Å². The Kier molecular flexibility index (Phi) is 33.9. The van der Waals surface area contributed by atoms with Crippen LogP contribution in [-0.4, -0.2) is 28.7 Å². The number of nitrogens with two attached hydrogens (primary N) is 1. The highest BCUT2D eigenvalue weighted by molar-refractivity contribution is 5.66. The Bertz CT molecular complexity index is 391.